The van der Waals surface area contributed by atoms with Crippen LogP contribution in [-0.2, 0) is 4.74 Å². The van der Waals surface area contributed by atoms with Gasteiger partial charge in [0.25, 0.3) is 0 Å². The van der Waals surface area contributed by atoms with Gasteiger partial charge in [-0.05, 0) is 50.6 Å². The standard InChI is InChI=1S/C21H23FN2O3/c1-5-27-21(25)18-9-15-8-14(11-24(15)20(12(18)2)13(3)23)17-7-6-16(26-4)10-19(17)22/h6-11,13H,5,23H2,1-4H3. The summed E-state index contributed by atoms with van der Waals surface area (Å²) >= 11 is 0. The number of rotatable bonds is 5. The number of aromatic nitrogens is 1. The number of esters is 1. The summed E-state index contributed by atoms with van der Waals surface area (Å²) in [7, 11) is 1.50. The van der Waals surface area contributed by atoms with E-state index in [0.29, 0.717) is 29.0 Å². The normalized spacial score (nSPS) is 12.2. The Kier molecular flexibility index (Phi) is 5.19. The SMILES string of the molecule is CCOC(=O)c1cc2cc(-c3ccc(OC)cc3F)cn2c(C(C)N)c1C. The maximum absolute atomic E-state index is 14.5. The number of carbonyl (C=O) groups is 1. The first-order valence-corrected chi connectivity index (χ1v) is 8.79. The number of pyridine rings is 1. The average molecular weight is 370 g/mol. The molecule has 1 aromatic carbocycles. The highest BCUT2D eigenvalue weighted by Crippen LogP contribution is 2.31. The molecule has 0 bridgehead atoms. The van der Waals surface area contributed by atoms with E-state index in [9.17, 15) is 9.18 Å². The van der Waals surface area contributed by atoms with Crippen LogP contribution in [0, 0.1) is 12.7 Å². The number of methoxy groups -OCH3 is 1. The van der Waals surface area contributed by atoms with Crippen LogP contribution >= 0.6 is 0 Å². The van der Waals surface area contributed by atoms with E-state index in [1.165, 1.54) is 13.2 Å². The topological polar surface area (TPSA) is 66.0 Å². The Bertz CT molecular complexity index is 1010. The van der Waals surface area contributed by atoms with E-state index in [1.54, 1.807) is 25.1 Å². The molecule has 3 rings (SSSR count). The molecule has 0 spiro atoms. The second-order valence-corrected chi connectivity index (χ2v) is 6.45. The van der Waals surface area contributed by atoms with Gasteiger partial charge < -0.3 is 19.6 Å². The van der Waals surface area contributed by atoms with Gasteiger partial charge in [-0.1, -0.05) is 0 Å². The lowest BCUT2D eigenvalue weighted by Gasteiger charge is -2.16. The van der Waals surface area contributed by atoms with Gasteiger partial charge in [-0.2, -0.15) is 0 Å². The first-order valence-electron chi connectivity index (χ1n) is 8.79. The minimum atomic E-state index is -0.391. The molecular weight excluding hydrogens is 347 g/mol. The van der Waals surface area contributed by atoms with Crippen LogP contribution in [0.15, 0.2) is 36.5 Å². The van der Waals surface area contributed by atoms with Crippen LogP contribution < -0.4 is 10.5 Å². The zero-order chi connectivity index (χ0) is 19.7. The second kappa shape index (κ2) is 7.40. The number of hydrogen-bond acceptors (Lipinski definition) is 4. The lowest BCUT2D eigenvalue weighted by molar-refractivity contribution is 0.0525. The van der Waals surface area contributed by atoms with Gasteiger partial charge in [0.1, 0.15) is 11.6 Å². The fraction of sp³-hybridized carbons (Fsp3) is 0.286. The van der Waals surface area contributed by atoms with Gasteiger partial charge in [0, 0.05) is 40.6 Å². The van der Waals surface area contributed by atoms with E-state index >= 15 is 0 Å². The molecular formula is C21H23FN2O3. The third-order valence-corrected chi connectivity index (χ3v) is 4.60. The summed E-state index contributed by atoms with van der Waals surface area (Å²) in [6.07, 6.45) is 1.83. The highest BCUT2D eigenvalue weighted by molar-refractivity contribution is 5.93. The summed E-state index contributed by atoms with van der Waals surface area (Å²) in [4.78, 5) is 12.3. The predicted molar refractivity (Wildman–Crippen MR) is 103 cm³/mol. The third-order valence-electron chi connectivity index (χ3n) is 4.60. The number of fused-ring (bicyclic) bond motifs is 1. The lowest BCUT2D eigenvalue weighted by Crippen LogP contribution is -2.16. The Hall–Kier alpha value is -2.86. The van der Waals surface area contributed by atoms with E-state index in [-0.39, 0.29) is 11.9 Å². The Balaban J connectivity index is 2.22. The molecule has 1 atom stereocenters. The van der Waals surface area contributed by atoms with Gasteiger partial charge in [-0.25, -0.2) is 9.18 Å². The van der Waals surface area contributed by atoms with Crippen LogP contribution in [0.1, 0.15) is 41.5 Å². The molecule has 0 saturated heterocycles. The smallest absolute Gasteiger partial charge is 0.338 e. The minimum absolute atomic E-state index is 0.292. The Morgan fingerprint density at radius 3 is 2.63 bits per heavy atom. The summed E-state index contributed by atoms with van der Waals surface area (Å²) in [6, 6.07) is 8.00. The van der Waals surface area contributed by atoms with Gasteiger partial charge >= 0.3 is 5.97 Å². The minimum Gasteiger partial charge on any atom is -0.497 e. The van der Waals surface area contributed by atoms with Crippen molar-refractivity contribution in [3.8, 4) is 16.9 Å². The quantitative estimate of drug-likeness (QED) is 0.682. The Morgan fingerprint density at radius 1 is 1.30 bits per heavy atom. The molecule has 0 saturated carbocycles. The lowest BCUT2D eigenvalue weighted by atomic mass is 10.0. The zero-order valence-corrected chi connectivity index (χ0v) is 15.9. The van der Waals surface area contributed by atoms with Crippen molar-refractivity contribution in [1.29, 1.82) is 0 Å². The third kappa shape index (κ3) is 3.40. The number of nitrogens with zero attached hydrogens (tertiary/aromatic N) is 1. The van der Waals surface area contributed by atoms with Crippen molar-refractivity contribution in [2.75, 3.05) is 13.7 Å². The van der Waals surface area contributed by atoms with Gasteiger partial charge in [0.05, 0.1) is 19.3 Å². The van der Waals surface area contributed by atoms with Crippen molar-refractivity contribution in [3.63, 3.8) is 0 Å². The van der Waals surface area contributed by atoms with E-state index in [2.05, 4.69) is 0 Å². The number of carbonyl (C=O) groups excluding carboxylic acids is 1. The van der Waals surface area contributed by atoms with Crippen molar-refractivity contribution in [2.45, 2.75) is 26.8 Å². The number of hydrogen-bond donors (Lipinski definition) is 1. The van der Waals surface area contributed by atoms with Gasteiger partial charge in [-0.3, -0.25) is 0 Å². The monoisotopic (exact) mass is 370 g/mol. The molecule has 6 heteroatoms. The molecule has 0 aliphatic carbocycles. The number of halogens is 1. The molecule has 5 nitrogen and oxygen atoms in total. The highest BCUT2D eigenvalue weighted by Gasteiger charge is 2.20. The Morgan fingerprint density at radius 2 is 2.04 bits per heavy atom. The highest BCUT2D eigenvalue weighted by atomic mass is 19.1. The second-order valence-electron chi connectivity index (χ2n) is 6.45. The zero-order valence-electron chi connectivity index (χ0n) is 15.9. The maximum atomic E-state index is 14.5. The van der Waals surface area contributed by atoms with Gasteiger partial charge in [-0.15, -0.1) is 0 Å². The molecule has 0 aliphatic rings. The van der Waals surface area contributed by atoms with E-state index < -0.39 is 5.97 Å². The molecule has 2 N–H and O–H groups in total. The van der Waals surface area contributed by atoms with Crippen LogP contribution in [0.4, 0.5) is 4.39 Å². The summed E-state index contributed by atoms with van der Waals surface area (Å²) < 4.78 is 26.6. The van der Waals surface area contributed by atoms with Crippen LogP contribution in [0.25, 0.3) is 16.6 Å². The van der Waals surface area contributed by atoms with Crippen molar-refractivity contribution < 1.29 is 18.7 Å². The fourth-order valence-electron chi connectivity index (χ4n) is 3.36. The summed E-state index contributed by atoms with van der Waals surface area (Å²) in [5.74, 6) is -0.315. The van der Waals surface area contributed by atoms with Crippen LogP contribution in [0.2, 0.25) is 0 Å². The maximum Gasteiger partial charge on any atom is 0.338 e. The van der Waals surface area contributed by atoms with Crippen LogP contribution in [-0.4, -0.2) is 24.1 Å². The van der Waals surface area contributed by atoms with Gasteiger partial charge in [0.15, 0.2) is 0 Å². The largest absolute Gasteiger partial charge is 0.497 e. The molecule has 0 amide bonds. The predicted octanol–water partition coefficient (Wildman–Crippen LogP) is 4.26. The van der Waals surface area contributed by atoms with E-state index in [4.69, 9.17) is 15.2 Å². The molecule has 0 fully saturated rings. The van der Waals surface area contributed by atoms with Crippen LogP contribution in [0.5, 0.6) is 5.75 Å². The summed E-state index contributed by atoms with van der Waals surface area (Å²) in [5, 5.41) is 0. The van der Waals surface area contributed by atoms with E-state index in [1.807, 2.05) is 30.5 Å². The van der Waals surface area contributed by atoms with Crippen molar-refractivity contribution in [2.24, 2.45) is 5.73 Å². The van der Waals surface area contributed by atoms with Crippen LogP contribution in [0.3, 0.4) is 0 Å². The Labute approximate surface area is 157 Å². The molecule has 142 valence electrons. The molecule has 1 unspecified atom stereocenters. The summed E-state index contributed by atoms with van der Waals surface area (Å²) in [5.41, 5.74) is 10.1. The molecule has 2 aromatic heterocycles. The van der Waals surface area contributed by atoms with Gasteiger partial charge in [0.2, 0.25) is 0 Å². The number of nitrogens with two attached hydrogens (primary N) is 1. The van der Waals surface area contributed by atoms with E-state index in [0.717, 1.165) is 16.8 Å². The molecule has 2 heterocycles. The first-order chi connectivity index (χ1) is 12.9. The van der Waals surface area contributed by atoms with Crippen molar-refractivity contribution in [3.05, 3.63) is 59.2 Å². The van der Waals surface area contributed by atoms with Crippen molar-refractivity contribution >= 4 is 11.5 Å². The molecule has 27 heavy (non-hydrogen) atoms. The first kappa shape index (κ1) is 18.9. The molecule has 0 aliphatic heterocycles. The average Bonchev–Trinajstić information content (AvgIpc) is 3.03. The van der Waals surface area contributed by atoms with Crippen molar-refractivity contribution in [1.82, 2.24) is 4.40 Å². The number of ether oxygens (including phenoxy) is 2. The molecule has 0 radical (unpaired) electrons. The fourth-order valence-corrected chi connectivity index (χ4v) is 3.36. The number of benzene rings is 1. The summed E-state index contributed by atoms with van der Waals surface area (Å²) in [6.45, 7) is 5.75. The molecule has 3 aromatic rings.